The first kappa shape index (κ1) is 13.5. The lowest BCUT2D eigenvalue weighted by Gasteiger charge is -2.06. The molecule has 100 valence electrons. The van der Waals surface area contributed by atoms with Gasteiger partial charge in [-0.25, -0.2) is 0 Å². The minimum absolute atomic E-state index is 0.204. The van der Waals surface area contributed by atoms with E-state index in [1.807, 2.05) is 31.3 Å². The minimum Gasteiger partial charge on any atom is -0.469 e. The zero-order valence-electron chi connectivity index (χ0n) is 11.0. The molecule has 0 saturated carbocycles. The highest BCUT2D eigenvalue weighted by molar-refractivity contribution is 7.12. The van der Waals surface area contributed by atoms with Crippen molar-refractivity contribution < 1.29 is 9.53 Å². The van der Waals surface area contributed by atoms with E-state index >= 15 is 0 Å². The van der Waals surface area contributed by atoms with Crippen molar-refractivity contribution in [1.82, 2.24) is 4.98 Å². The van der Waals surface area contributed by atoms with Gasteiger partial charge < -0.3 is 10.1 Å². The number of pyridine rings is 1. The number of hydrogen-bond acceptors (Lipinski definition) is 5. The van der Waals surface area contributed by atoms with Crippen LogP contribution in [0.1, 0.15) is 15.3 Å². The topological polar surface area (TPSA) is 51.2 Å². The zero-order valence-corrected chi connectivity index (χ0v) is 11.8. The number of anilines is 1. The summed E-state index contributed by atoms with van der Waals surface area (Å²) in [6.45, 7) is 2.78. The van der Waals surface area contributed by atoms with Crippen molar-refractivity contribution in [3.8, 4) is 0 Å². The monoisotopic (exact) mass is 276 g/mol. The molecule has 0 spiro atoms. The molecule has 0 amide bonds. The second-order valence-corrected chi connectivity index (χ2v) is 5.42. The molecule has 0 aliphatic carbocycles. The number of nitrogens with zero attached hydrogens (tertiary/aromatic N) is 1. The largest absolute Gasteiger partial charge is 0.469 e. The van der Waals surface area contributed by atoms with Crippen LogP contribution in [0.5, 0.6) is 0 Å². The van der Waals surface area contributed by atoms with Crippen LogP contribution in [0.4, 0.5) is 5.69 Å². The van der Waals surface area contributed by atoms with E-state index in [0.717, 1.165) is 17.1 Å². The molecule has 2 heterocycles. The third kappa shape index (κ3) is 3.79. The van der Waals surface area contributed by atoms with E-state index < -0.39 is 0 Å². The van der Waals surface area contributed by atoms with Crippen molar-refractivity contribution in [2.75, 3.05) is 12.4 Å². The van der Waals surface area contributed by atoms with E-state index in [-0.39, 0.29) is 5.97 Å². The molecular formula is C14H16N2O2S. The smallest absolute Gasteiger partial charge is 0.310 e. The van der Waals surface area contributed by atoms with Gasteiger partial charge in [0.15, 0.2) is 0 Å². The molecule has 0 atom stereocenters. The normalized spacial score (nSPS) is 10.2. The second-order valence-electron chi connectivity index (χ2n) is 4.17. The Morgan fingerprint density at radius 2 is 2.16 bits per heavy atom. The standard InChI is InChI=1S/C14H16N2O2S/c1-10-5-6-15-9-13(10)16-8-12-4-3-11(19-12)7-14(17)18-2/h3-6,9,16H,7-8H2,1-2H3. The molecular weight excluding hydrogens is 260 g/mol. The van der Waals surface area contributed by atoms with E-state index in [2.05, 4.69) is 15.0 Å². The van der Waals surface area contributed by atoms with Gasteiger partial charge in [0.25, 0.3) is 0 Å². The number of carbonyl (C=O) groups is 1. The van der Waals surface area contributed by atoms with Crippen molar-refractivity contribution in [3.63, 3.8) is 0 Å². The Labute approximate surface area is 116 Å². The van der Waals surface area contributed by atoms with Crippen LogP contribution >= 0.6 is 11.3 Å². The maximum atomic E-state index is 11.2. The fraction of sp³-hybridized carbons (Fsp3) is 0.286. The van der Waals surface area contributed by atoms with Crippen LogP contribution in [0.15, 0.2) is 30.6 Å². The Kier molecular flexibility index (Phi) is 4.52. The Bertz CT molecular complexity index is 566. The Balaban J connectivity index is 1.94. The molecule has 4 nitrogen and oxygen atoms in total. The SMILES string of the molecule is COC(=O)Cc1ccc(CNc2cnccc2C)s1. The molecule has 2 aromatic rings. The summed E-state index contributed by atoms with van der Waals surface area (Å²) in [5, 5.41) is 3.34. The zero-order chi connectivity index (χ0) is 13.7. The van der Waals surface area contributed by atoms with Crippen LogP contribution in [0, 0.1) is 6.92 Å². The van der Waals surface area contributed by atoms with Gasteiger partial charge in [-0.15, -0.1) is 11.3 Å². The lowest BCUT2D eigenvalue weighted by atomic mass is 10.2. The molecule has 0 radical (unpaired) electrons. The Hall–Kier alpha value is -1.88. The fourth-order valence-corrected chi connectivity index (χ4v) is 2.60. The summed E-state index contributed by atoms with van der Waals surface area (Å²) >= 11 is 1.62. The number of esters is 1. The molecule has 0 aliphatic rings. The molecule has 0 fully saturated rings. The molecule has 0 unspecified atom stereocenters. The molecule has 5 heteroatoms. The van der Waals surface area contributed by atoms with Gasteiger partial charge >= 0.3 is 5.97 Å². The number of hydrogen-bond donors (Lipinski definition) is 1. The van der Waals surface area contributed by atoms with Gasteiger partial charge in [0.05, 0.1) is 25.4 Å². The van der Waals surface area contributed by atoms with Crippen molar-refractivity contribution in [3.05, 3.63) is 45.9 Å². The van der Waals surface area contributed by atoms with Crippen molar-refractivity contribution in [2.45, 2.75) is 19.9 Å². The molecule has 0 saturated heterocycles. The first-order chi connectivity index (χ1) is 9.19. The van der Waals surface area contributed by atoms with E-state index in [4.69, 9.17) is 0 Å². The summed E-state index contributed by atoms with van der Waals surface area (Å²) in [7, 11) is 1.41. The van der Waals surface area contributed by atoms with Gasteiger partial charge in [-0.2, -0.15) is 0 Å². The maximum absolute atomic E-state index is 11.2. The van der Waals surface area contributed by atoms with Crippen LogP contribution in [-0.2, 0) is 22.5 Å². The predicted molar refractivity (Wildman–Crippen MR) is 76.3 cm³/mol. The number of aromatic nitrogens is 1. The van der Waals surface area contributed by atoms with Gasteiger partial charge in [0.2, 0.25) is 0 Å². The number of rotatable bonds is 5. The average molecular weight is 276 g/mol. The average Bonchev–Trinajstić information content (AvgIpc) is 2.85. The van der Waals surface area contributed by atoms with Crippen molar-refractivity contribution in [1.29, 1.82) is 0 Å². The highest BCUT2D eigenvalue weighted by atomic mass is 32.1. The van der Waals surface area contributed by atoms with Gasteiger partial charge in [-0.1, -0.05) is 0 Å². The highest BCUT2D eigenvalue weighted by Crippen LogP contribution is 2.20. The molecule has 2 aromatic heterocycles. The number of aryl methyl sites for hydroxylation is 1. The number of thiophene rings is 1. The quantitative estimate of drug-likeness (QED) is 0.853. The lowest BCUT2D eigenvalue weighted by Crippen LogP contribution is -2.02. The molecule has 19 heavy (non-hydrogen) atoms. The van der Waals surface area contributed by atoms with E-state index in [1.54, 1.807) is 17.5 Å². The second kappa shape index (κ2) is 6.33. The van der Waals surface area contributed by atoms with E-state index in [1.165, 1.54) is 17.6 Å². The minimum atomic E-state index is -0.204. The number of methoxy groups -OCH3 is 1. The summed E-state index contributed by atoms with van der Waals surface area (Å²) in [4.78, 5) is 17.5. The number of carbonyl (C=O) groups excluding carboxylic acids is 1. The van der Waals surface area contributed by atoms with Gasteiger partial charge in [-0.05, 0) is 30.7 Å². The van der Waals surface area contributed by atoms with Gasteiger partial charge in [-0.3, -0.25) is 9.78 Å². The molecule has 1 N–H and O–H groups in total. The first-order valence-electron chi connectivity index (χ1n) is 5.98. The summed E-state index contributed by atoms with van der Waals surface area (Å²) in [5.41, 5.74) is 2.20. The van der Waals surface area contributed by atoms with Gasteiger partial charge in [0, 0.05) is 22.5 Å². The highest BCUT2D eigenvalue weighted by Gasteiger charge is 2.06. The predicted octanol–water partition coefficient (Wildman–Crippen LogP) is 2.78. The van der Waals surface area contributed by atoms with Crippen molar-refractivity contribution >= 4 is 23.0 Å². The number of nitrogens with one attached hydrogen (secondary N) is 1. The lowest BCUT2D eigenvalue weighted by molar-refractivity contribution is -0.139. The summed E-state index contributed by atoms with van der Waals surface area (Å²) in [6, 6.07) is 5.97. The maximum Gasteiger partial charge on any atom is 0.310 e. The van der Waals surface area contributed by atoms with E-state index in [0.29, 0.717) is 6.42 Å². The third-order valence-corrected chi connectivity index (χ3v) is 3.84. The molecule has 0 aliphatic heterocycles. The Morgan fingerprint density at radius 3 is 2.89 bits per heavy atom. The summed E-state index contributed by atoms with van der Waals surface area (Å²) in [6.07, 6.45) is 3.94. The van der Waals surface area contributed by atoms with Gasteiger partial charge in [0.1, 0.15) is 0 Å². The van der Waals surface area contributed by atoms with Crippen LogP contribution in [0.3, 0.4) is 0 Å². The van der Waals surface area contributed by atoms with Crippen LogP contribution < -0.4 is 5.32 Å². The number of ether oxygens (including phenoxy) is 1. The third-order valence-electron chi connectivity index (χ3n) is 2.76. The molecule has 2 rings (SSSR count). The van der Waals surface area contributed by atoms with Crippen LogP contribution in [-0.4, -0.2) is 18.1 Å². The van der Waals surface area contributed by atoms with Crippen molar-refractivity contribution in [2.24, 2.45) is 0 Å². The van der Waals surface area contributed by atoms with Crippen LogP contribution in [0.2, 0.25) is 0 Å². The molecule has 0 bridgehead atoms. The van der Waals surface area contributed by atoms with Crippen LogP contribution in [0.25, 0.3) is 0 Å². The summed E-state index contributed by atoms with van der Waals surface area (Å²) < 4.78 is 4.65. The summed E-state index contributed by atoms with van der Waals surface area (Å²) in [5.74, 6) is -0.204. The molecule has 0 aromatic carbocycles. The van der Waals surface area contributed by atoms with E-state index in [9.17, 15) is 4.79 Å². The Morgan fingerprint density at radius 1 is 1.37 bits per heavy atom. The first-order valence-corrected chi connectivity index (χ1v) is 6.79. The fourth-order valence-electron chi connectivity index (χ4n) is 1.66.